The monoisotopic (exact) mass is 270 g/mol. The Morgan fingerprint density at radius 2 is 2.11 bits per heavy atom. The van der Waals surface area contributed by atoms with Crippen LogP contribution in [0.25, 0.3) is 0 Å². The van der Waals surface area contributed by atoms with Crippen molar-refractivity contribution >= 4 is 17.5 Å². The van der Waals surface area contributed by atoms with Gasteiger partial charge in [0.15, 0.2) is 0 Å². The van der Waals surface area contributed by atoms with Crippen LogP contribution in [0.5, 0.6) is 0 Å². The maximum Gasteiger partial charge on any atom is 0.243 e. The van der Waals surface area contributed by atoms with Gasteiger partial charge in [0.2, 0.25) is 5.91 Å². The number of amides is 1. The molecule has 0 aromatic heterocycles. The lowest BCUT2D eigenvalue weighted by Gasteiger charge is -2.13. The number of nitrogens with two attached hydrogens (primary N) is 1. The smallest absolute Gasteiger partial charge is 0.243 e. The number of rotatable bonds is 8. The van der Waals surface area contributed by atoms with Crippen molar-refractivity contribution in [2.75, 3.05) is 19.8 Å². The molecule has 0 aliphatic heterocycles. The predicted octanol–water partition coefficient (Wildman–Crippen LogP) is 1.36. The molecule has 0 aliphatic carbocycles. The highest BCUT2D eigenvalue weighted by Crippen LogP contribution is 2.10. The average molecular weight is 271 g/mol. The summed E-state index contributed by atoms with van der Waals surface area (Å²) >= 11 is 5.82. The second kappa shape index (κ2) is 8.08. The van der Waals surface area contributed by atoms with Gasteiger partial charge < -0.3 is 15.8 Å². The van der Waals surface area contributed by atoms with Gasteiger partial charge in [0, 0.05) is 17.6 Å². The summed E-state index contributed by atoms with van der Waals surface area (Å²) in [4.78, 5) is 10.4. The van der Waals surface area contributed by atoms with Gasteiger partial charge in [-0.1, -0.05) is 23.7 Å². The van der Waals surface area contributed by atoms with Gasteiger partial charge in [-0.2, -0.15) is 0 Å². The van der Waals surface area contributed by atoms with E-state index in [9.17, 15) is 4.79 Å². The van der Waals surface area contributed by atoms with Crippen molar-refractivity contribution in [3.05, 3.63) is 34.9 Å². The minimum absolute atomic E-state index is 0.0206. The first-order chi connectivity index (χ1) is 8.58. The van der Waals surface area contributed by atoms with Crippen LogP contribution in [-0.2, 0) is 16.0 Å². The number of hydrogen-bond donors (Lipinski definition) is 2. The fourth-order valence-electron chi connectivity index (χ4n) is 1.60. The summed E-state index contributed by atoms with van der Waals surface area (Å²) < 4.78 is 5.06. The quantitative estimate of drug-likeness (QED) is 0.701. The van der Waals surface area contributed by atoms with E-state index in [2.05, 4.69) is 12.2 Å². The molecule has 1 aromatic carbocycles. The molecule has 5 heteroatoms. The van der Waals surface area contributed by atoms with Gasteiger partial charge in [-0.25, -0.2) is 0 Å². The molecule has 1 unspecified atom stereocenters. The van der Waals surface area contributed by atoms with Crippen LogP contribution in [0.3, 0.4) is 0 Å². The van der Waals surface area contributed by atoms with Crippen LogP contribution >= 0.6 is 11.6 Å². The van der Waals surface area contributed by atoms with E-state index in [1.165, 1.54) is 5.56 Å². The van der Waals surface area contributed by atoms with Crippen molar-refractivity contribution in [1.29, 1.82) is 0 Å². The van der Waals surface area contributed by atoms with Crippen LogP contribution in [0.1, 0.15) is 12.5 Å². The lowest BCUT2D eigenvalue weighted by Crippen LogP contribution is -2.32. The molecule has 0 saturated carbocycles. The Balaban J connectivity index is 2.15. The molecular formula is C13H19ClN2O2. The highest BCUT2D eigenvalue weighted by molar-refractivity contribution is 6.30. The van der Waals surface area contributed by atoms with Crippen LogP contribution < -0.4 is 11.1 Å². The van der Waals surface area contributed by atoms with E-state index in [1.807, 2.05) is 24.3 Å². The summed E-state index contributed by atoms with van der Waals surface area (Å²) in [5, 5.41) is 4.06. The standard InChI is InChI=1S/C13H19ClN2O2/c1-10(16-6-7-18-9-13(15)17)8-11-2-4-12(14)5-3-11/h2-5,10,16H,6-9H2,1H3,(H2,15,17). The van der Waals surface area contributed by atoms with Crippen molar-refractivity contribution in [3.8, 4) is 0 Å². The number of carbonyl (C=O) groups excluding carboxylic acids is 1. The summed E-state index contributed by atoms with van der Waals surface area (Å²) in [6.07, 6.45) is 0.924. The largest absolute Gasteiger partial charge is 0.370 e. The molecule has 4 nitrogen and oxygen atoms in total. The molecule has 1 atom stereocenters. The summed E-state index contributed by atoms with van der Waals surface area (Å²) in [6, 6.07) is 8.15. The molecule has 0 spiro atoms. The SMILES string of the molecule is CC(Cc1ccc(Cl)cc1)NCCOCC(N)=O. The van der Waals surface area contributed by atoms with Gasteiger partial charge in [0.05, 0.1) is 6.61 Å². The zero-order valence-electron chi connectivity index (χ0n) is 10.5. The molecule has 0 aliphatic rings. The van der Waals surface area contributed by atoms with Crippen LogP contribution in [0.4, 0.5) is 0 Å². The summed E-state index contributed by atoms with van der Waals surface area (Å²) in [5.74, 6) is -0.441. The Kier molecular flexibility index (Phi) is 6.72. The number of nitrogens with one attached hydrogen (secondary N) is 1. The Morgan fingerprint density at radius 1 is 1.44 bits per heavy atom. The summed E-state index contributed by atoms with van der Waals surface area (Å²) in [6.45, 7) is 3.26. The molecule has 0 radical (unpaired) electrons. The van der Waals surface area contributed by atoms with Gasteiger partial charge in [-0.3, -0.25) is 4.79 Å². The first kappa shape index (κ1) is 15.0. The van der Waals surface area contributed by atoms with Crippen molar-refractivity contribution in [1.82, 2.24) is 5.32 Å². The number of carbonyl (C=O) groups is 1. The van der Waals surface area contributed by atoms with Crippen LogP contribution in [0.2, 0.25) is 5.02 Å². The Labute approximate surface area is 112 Å². The Bertz CT molecular complexity index is 368. The van der Waals surface area contributed by atoms with E-state index in [0.717, 1.165) is 11.4 Å². The molecule has 1 rings (SSSR count). The zero-order valence-corrected chi connectivity index (χ0v) is 11.2. The molecular weight excluding hydrogens is 252 g/mol. The van der Waals surface area contributed by atoms with Gasteiger partial charge >= 0.3 is 0 Å². The van der Waals surface area contributed by atoms with Gasteiger partial charge in [0.25, 0.3) is 0 Å². The molecule has 18 heavy (non-hydrogen) atoms. The Morgan fingerprint density at radius 3 is 2.72 bits per heavy atom. The minimum atomic E-state index is -0.441. The first-order valence-electron chi connectivity index (χ1n) is 5.92. The van der Waals surface area contributed by atoms with E-state index in [0.29, 0.717) is 19.2 Å². The third-order valence-electron chi connectivity index (χ3n) is 2.44. The molecule has 100 valence electrons. The highest BCUT2D eigenvalue weighted by atomic mass is 35.5. The third-order valence-corrected chi connectivity index (χ3v) is 2.69. The normalized spacial score (nSPS) is 12.3. The topological polar surface area (TPSA) is 64.3 Å². The van der Waals surface area contributed by atoms with Crippen LogP contribution in [-0.4, -0.2) is 31.7 Å². The number of benzene rings is 1. The van der Waals surface area contributed by atoms with Crippen molar-refractivity contribution < 1.29 is 9.53 Å². The minimum Gasteiger partial charge on any atom is -0.370 e. The second-order valence-corrected chi connectivity index (χ2v) is 4.64. The third kappa shape index (κ3) is 6.59. The molecule has 1 amide bonds. The predicted molar refractivity (Wildman–Crippen MR) is 72.6 cm³/mol. The van der Waals surface area contributed by atoms with Gasteiger partial charge in [0.1, 0.15) is 6.61 Å². The highest BCUT2D eigenvalue weighted by Gasteiger charge is 2.03. The van der Waals surface area contributed by atoms with Crippen LogP contribution in [0, 0.1) is 0 Å². The van der Waals surface area contributed by atoms with E-state index in [4.69, 9.17) is 22.1 Å². The maximum absolute atomic E-state index is 10.4. The average Bonchev–Trinajstić information content (AvgIpc) is 2.31. The number of primary amides is 1. The summed E-state index contributed by atoms with van der Waals surface area (Å²) in [7, 11) is 0. The maximum atomic E-state index is 10.4. The Hall–Kier alpha value is -1.10. The molecule has 0 fully saturated rings. The second-order valence-electron chi connectivity index (χ2n) is 4.20. The lowest BCUT2D eigenvalue weighted by molar-refractivity contribution is -0.122. The van der Waals surface area contributed by atoms with Crippen molar-refractivity contribution in [2.45, 2.75) is 19.4 Å². The number of ether oxygens (including phenoxy) is 1. The molecule has 0 saturated heterocycles. The molecule has 3 N–H and O–H groups in total. The van der Waals surface area contributed by atoms with Crippen molar-refractivity contribution in [3.63, 3.8) is 0 Å². The number of halogens is 1. The van der Waals surface area contributed by atoms with E-state index >= 15 is 0 Å². The van der Waals surface area contributed by atoms with Crippen molar-refractivity contribution in [2.24, 2.45) is 5.73 Å². The van der Waals surface area contributed by atoms with E-state index < -0.39 is 5.91 Å². The van der Waals surface area contributed by atoms with Gasteiger partial charge in [-0.05, 0) is 31.0 Å². The van der Waals surface area contributed by atoms with E-state index in [1.54, 1.807) is 0 Å². The fourth-order valence-corrected chi connectivity index (χ4v) is 1.72. The summed E-state index contributed by atoms with van der Waals surface area (Å²) in [5.41, 5.74) is 6.19. The molecule has 1 aromatic rings. The number of hydrogen-bond acceptors (Lipinski definition) is 3. The van der Waals surface area contributed by atoms with E-state index in [-0.39, 0.29) is 6.61 Å². The zero-order chi connectivity index (χ0) is 13.4. The molecule has 0 bridgehead atoms. The molecule has 0 heterocycles. The fraction of sp³-hybridized carbons (Fsp3) is 0.462. The van der Waals surface area contributed by atoms with Crippen LogP contribution in [0.15, 0.2) is 24.3 Å². The first-order valence-corrected chi connectivity index (χ1v) is 6.29. The van der Waals surface area contributed by atoms with Gasteiger partial charge in [-0.15, -0.1) is 0 Å². The lowest BCUT2D eigenvalue weighted by atomic mass is 10.1.